The maximum Gasteiger partial charge on any atom is 0.255 e. The van der Waals surface area contributed by atoms with Crippen LogP contribution in [0.25, 0.3) is 0 Å². The predicted molar refractivity (Wildman–Crippen MR) is 87.9 cm³/mol. The van der Waals surface area contributed by atoms with Gasteiger partial charge in [-0.05, 0) is 44.2 Å². The molecule has 0 aromatic carbocycles. The van der Waals surface area contributed by atoms with Gasteiger partial charge in [0.1, 0.15) is 11.5 Å². The minimum atomic E-state index is -0.293. The highest BCUT2D eigenvalue weighted by molar-refractivity contribution is 5.95. The van der Waals surface area contributed by atoms with Crippen LogP contribution < -0.4 is 10.1 Å². The van der Waals surface area contributed by atoms with Crippen molar-refractivity contribution in [2.75, 3.05) is 7.11 Å². The summed E-state index contributed by atoms with van der Waals surface area (Å²) < 4.78 is 10.5. The molecule has 0 radical (unpaired) electrons. The van der Waals surface area contributed by atoms with Crippen LogP contribution in [0.5, 0.6) is 5.88 Å². The van der Waals surface area contributed by atoms with Gasteiger partial charge >= 0.3 is 0 Å². The molecule has 0 spiro atoms. The molecule has 6 heteroatoms. The molecule has 1 saturated carbocycles. The van der Waals surface area contributed by atoms with Crippen molar-refractivity contribution in [2.24, 2.45) is 5.92 Å². The van der Waals surface area contributed by atoms with E-state index in [1.54, 1.807) is 32.4 Å². The lowest BCUT2D eigenvalue weighted by Gasteiger charge is -2.38. The maximum atomic E-state index is 12.6. The third kappa shape index (κ3) is 3.28. The highest BCUT2D eigenvalue weighted by Gasteiger charge is 2.36. The van der Waals surface area contributed by atoms with Crippen molar-refractivity contribution < 1.29 is 19.1 Å². The van der Waals surface area contributed by atoms with Gasteiger partial charge in [0.2, 0.25) is 5.88 Å². The van der Waals surface area contributed by atoms with E-state index in [2.05, 4.69) is 10.3 Å². The van der Waals surface area contributed by atoms with Gasteiger partial charge in [0, 0.05) is 12.3 Å². The largest absolute Gasteiger partial charge is 0.481 e. The summed E-state index contributed by atoms with van der Waals surface area (Å²) in [6.07, 6.45) is 2.75. The van der Waals surface area contributed by atoms with E-state index in [4.69, 9.17) is 9.15 Å². The van der Waals surface area contributed by atoms with E-state index >= 15 is 0 Å². The van der Waals surface area contributed by atoms with Crippen LogP contribution in [0.15, 0.2) is 28.8 Å². The number of aliphatic hydroxyl groups excluding tert-OH is 1. The first-order valence-electron chi connectivity index (χ1n) is 8.04. The maximum absolute atomic E-state index is 12.6. The second-order valence-electron chi connectivity index (χ2n) is 6.30. The van der Waals surface area contributed by atoms with E-state index < -0.39 is 0 Å². The number of furan rings is 1. The minimum Gasteiger partial charge on any atom is -0.481 e. The van der Waals surface area contributed by atoms with Crippen molar-refractivity contribution in [1.29, 1.82) is 0 Å². The number of methoxy groups -OCH3 is 1. The number of pyridine rings is 1. The molecule has 1 atom stereocenters. The van der Waals surface area contributed by atoms with Gasteiger partial charge < -0.3 is 19.6 Å². The molecule has 2 aromatic rings. The zero-order valence-electron chi connectivity index (χ0n) is 14.1. The molecule has 2 N–H and O–H groups in total. The van der Waals surface area contributed by atoms with Crippen molar-refractivity contribution in [3.63, 3.8) is 0 Å². The van der Waals surface area contributed by atoms with E-state index in [0.29, 0.717) is 35.8 Å². The molecule has 1 aliphatic carbocycles. The summed E-state index contributed by atoms with van der Waals surface area (Å²) in [7, 11) is 1.56. The van der Waals surface area contributed by atoms with Crippen LogP contribution in [0.2, 0.25) is 0 Å². The fourth-order valence-electron chi connectivity index (χ4n) is 3.15. The first-order valence-corrected chi connectivity index (χ1v) is 8.04. The smallest absolute Gasteiger partial charge is 0.255 e. The minimum absolute atomic E-state index is 0.174. The number of rotatable bonds is 5. The van der Waals surface area contributed by atoms with Crippen LogP contribution in [0.1, 0.15) is 46.3 Å². The normalized spacial score (nSPS) is 21.0. The van der Waals surface area contributed by atoms with E-state index in [1.807, 2.05) is 13.0 Å². The Kier molecular flexibility index (Phi) is 4.57. The molecule has 1 amide bonds. The van der Waals surface area contributed by atoms with Gasteiger partial charge in [-0.25, -0.2) is 4.98 Å². The molecule has 1 aliphatic rings. The number of ether oxygens (including phenoxy) is 1. The number of nitrogens with zero attached hydrogens (tertiary/aromatic N) is 1. The summed E-state index contributed by atoms with van der Waals surface area (Å²) in [6.45, 7) is 3.59. The lowest BCUT2D eigenvalue weighted by Crippen LogP contribution is -2.41. The Morgan fingerprint density at radius 2 is 2.17 bits per heavy atom. The van der Waals surface area contributed by atoms with E-state index in [1.165, 1.54) is 0 Å². The molecule has 0 aliphatic heterocycles. The van der Waals surface area contributed by atoms with Crippen molar-refractivity contribution >= 4 is 5.91 Å². The SMILES string of the molecule is COc1ccc([C@@H](NC(=O)c2cc(C)oc2C)C2CC(O)C2)cn1. The Hall–Kier alpha value is -2.34. The van der Waals surface area contributed by atoms with Crippen molar-refractivity contribution in [1.82, 2.24) is 10.3 Å². The van der Waals surface area contributed by atoms with Gasteiger partial charge in [-0.3, -0.25) is 4.79 Å². The molecular weight excluding hydrogens is 308 g/mol. The number of aromatic nitrogens is 1. The number of nitrogens with one attached hydrogen (secondary N) is 1. The average Bonchev–Trinajstić information content (AvgIpc) is 2.88. The average molecular weight is 330 g/mol. The number of amides is 1. The Balaban J connectivity index is 1.82. The number of aliphatic hydroxyl groups is 1. The van der Waals surface area contributed by atoms with Gasteiger partial charge in [-0.15, -0.1) is 0 Å². The quantitative estimate of drug-likeness (QED) is 0.880. The van der Waals surface area contributed by atoms with Crippen LogP contribution >= 0.6 is 0 Å². The highest BCUT2D eigenvalue weighted by Crippen LogP contribution is 2.38. The van der Waals surface area contributed by atoms with Crippen molar-refractivity contribution in [3.05, 3.63) is 47.0 Å². The third-order valence-corrected chi connectivity index (χ3v) is 4.52. The van der Waals surface area contributed by atoms with Crippen LogP contribution in [0.3, 0.4) is 0 Å². The predicted octanol–water partition coefficient (Wildman–Crippen LogP) is 2.54. The lowest BCUT2D eigenvalue weighted by molar-refractivity contribution is 0.0234. The van der Waals surface area contributed by atoms with E-state index in [-0.39, 0.29) is 24.0 Å². The first kappa shape index (κ1) is 16.5. The molecule has 0 saturated heterocycles. The fourth-order valence-corrected chi connectivity index (χ4v) is 3.15. The molecule has 0 bridgehead atoms. The van der Waals surface area contributed by atoms with Gasteiger partial charge in [0.25, 0.3) is 5.91 Å². The number of hydrogen-bond acceptors (Lipinski definition) is 5. The standard InChI is InChI=1S/C18H22N2O4/c1-10-6-15(11(2)24-10)18(22)20-17(13-7-14(21)8-13)12-4-5-16(23-3)19-9-12/h4-6,9,13-14,17,21H,7-8H2,1-3H3,(H,20,22)/t13?,14?,17-/m1/s1. The molecule has 6 nitrogen and oxygen atoms in total. The van der Waals surface area contributed by atoms with Gasteiger partial charge in [0.15, 0.2) is 0 Å². The number of carbonyl (C=O) groups is 1. The molecular formula is C18H22N2O4. The van der Waals surface area contributed by atoms with Crippen LogP contribution in [-0.2, 0) is 0 Å². The van der Waals surface area contributed by atoms with Gasteiger partial charge in [0.05, 0.1) is 24.8 Å². The van der Waals surface area contributed by atoms with Gasteiger partial charge in [-0.2, -0.15) is 0 Å². The Labute approximate surface area is 140 Å². The molecule has 0 unspecified atom stereocenters. The molecule has 2 aromatic heterocycles. The van der Waals surface area contributed by atoms with Crippen LogP contribution in [-0.4, -0.2) is 29.2 Å². The lowest BCUT2D eigenvalue weighted by atomic mass is 9.75. The summed E-state index contributed by atoms with van der Waals surface area (Å²) in [5, 5.41) is 12.7. The van der Waals surface area contributed by atoms with Crippen molar-refractivity contribution in [3.8, 4) is 5.88 Å². The first-order chi connectivity index (χ1) is 11.5. The summed E-state index contributed by atoms with van der Waals surface area (Å²) in [5.74, 6) is 1.85. The third-order valence-electron chi connectivity index (χ3n) is 4.52. The molecule has 1 fully saturated rings. The molecule has 3 rings (SSSR count). The monoisotopic (exact) mass is 330 g/mol. The van der Waals surface area contributed by atoms with E-state index in [0.717, 1.165) is 5.56 Å². The Morgan fingerprint density at radius 3 is 2.67 bits per heavy atom. The molecule has 2 heterocycles. The second-order valence-corrected chi connectivity index (χ2v) is 6.30. The molecule has 24 heavy (non-hydrogen) atoms. The number of carbonyl (C=O) groups excluding carboxylic acids is 1. The Morgan fingerprint density at radius 1 is 1.42 bits per heavy atom. The topological polar surface area (TPSA) is 84.6 Å². The summed E-state index contributed by atoms with van der Waals surface area (Å²) >= 11 is 0. The van der Waals surface area contributed by atoms with E-state index in [9.17, 15) is 9.90 Å². The summed E-state index contributed by atoms with van der Waals surface area (Å²) in [4.78, 5) is 16.9. The van der Waals surface area contributed by atoms with Crippen LogP contribution in [0, 0.1) is 19.8 Å². The zero-order valence-corrected chi connectivity index (χ0v) is 14.1. The van der Waals surface area contributed by atoms with Crippen molar-refractivity contribution in [2.45, 2.75) is 38.8 Å². The highest BCUT2D eigenvalue weighted by atomic mass is 16.5. The summed E-state index contributed by atoms with van der Waals surface area (Å²) in [5.41, 5.74) is 1.44. The summed E-state index contributed by atoms with van der Waals surface area (Å²) in [6, 6.07) is 5.21. The Bertz CT molecular complexity index is 717. The van der Waals surface area contributed by atoms with Gasteiger partial charge in [-0.1, -0.05) is 6.07 Å². The number of hydrogen-bond donors (Lipinski definition) is 2. The number of aryl methyl sites for hydroxylation is 2. The molecule has 128 valence electrons. The zero-order chi connectivity index (χ0) is 17.3. The van der Waals surface area contributed by atoms with Crippen LogP contribution in [0.4, 0.5) is 0 Å². The second kappa shape index (κ2) is 6.65. The fraction of sp³-hybridized carbons (Fsp3) is 0.444.